The maximum Gasteiger partial charge on any atom is 0.254 e. The molecule has 3 heterocycles. The van der Waals surface area contributed by atoms with Gasteiger partial charge in [0, 0.05) is 61.6 Å². The van der Waals surface area contributed by atoms with E-state index in [2.05, 4.69) is 64.1 Å². The molecule has 40 heavy (non-hydrogen) atoms. The smallest absolute Gasteiger partial charge is 0.254 e. The van der Waals surface area contributed by atoms with Crippen LogP contribution >= 0.6 is 0 Å². The number of carbonyl (C=O) groups excluding carboxylic acids is 1. The first kappa shape index (κ1) is 26.7. The number of likely N-dealkylation sites (tertiary alicyclic amines) is 2. The van der Waals surface area contributed by atoms with Crippen molar-refractivity contribution in [2.24, 2.45) is 0 Å². The van der Waals surface area contributed by atoms with E-state index in [1.165, 1.54) is 11.3 Å². The first-order chi connectivity index (χ1) is 19.4. The lowest BCUT2D eigenvalue weighted by Crippen LogP contribution is -2.58. The van der Waals surface area contributed by atoms with Gasteiger partial charge in [0.05, 0.1) is 0 Å². The van der Waals surface area contributed by atoms with Crippen molar-refractivity contribution >= 4 is 11.6 Å². The molecule has 3 aromatic rings. The number of benzene rings is 3. The zero-order valence-electron chi connectivity index (χ0n) is 24.1. The standard InChI is InChI=1S/C34H41N3O3/c1-25-8-7-9-26(2)32(25)33(38)35-20-16-34(3,17-21-35)36-18-14-28(15-19-36)37(23-27-10-5-4-6-11-27)29-12-13-30-31(22-29)40-24-39-30/h4-13,22,28H,14-21,23-24H2,1-3H3. The summed E-state index contributed by atoms with van der Waals surface area (Å²) in [4.78, 5) is 20.7. The third kappa shape index (κ3) is 5.29. The van der Waals surface area contributed by atoms with Gasteiger partial charge >= 0.3 is 0 Å². The molecule has 0 atom stereocenters. The summed E-state index contributed by atoms with van der Waals surface area (Å²) in [5, 5.41) is 0. The molecule has 210 valence electrons. The number of rotatable bonds is 6. The van der Waals surface area contributed by atoms with Gasteiger partial charge in [-0.1, -0.05) is 48.5 Å². The molecule has 2 fully saturated rings. The SMILES string of the molecule is Cc1cccc(C)c1C(=O)N1CCC(C)(N2CCC(N(Cc3ccccc3)c3ccc4c(c3)OCO4)CC2)CC1. The molecule has 0 saturated carbocycles. The lowest BCUT2D eigenvalue weighted by molar-refractivity contribution is 0.0170. The van der Waals surface area contributed by atoms with Crippen LogP contribution < -0.4 is 14.4 Å². The molecule has 6 heteroatoms. The molecular formula is C34H41N3O3. The molecule has 0 spiro atoms. The molecule has 0 aliphatic carbocycles. The number of aryl methyl sites for hydroxylation is 2. The van der Waals surface area contributed by atoms with Gasteiger partial charge in [-0.15, -0.1) is 0 Å². The van der Waals surface area contributed by atoms with Crippen molar-refractivity contribution in [2.75, 3.05) is 37.9 Å². The highest BCUT2D eigenvalue weighted by molar-refractivity contribution is 5.97. The predicted octanol–water partition coefficient (Wildman–Crippen LogP) is 6.20. The second kappa shape index (κ2) is 11.2. The van der Waals surface area contributed by atoms with E-state index in [-0.39, 0.29) is 11.4 Å². The van der Waals surface area contributed by atoms with E-state index >= 15 is 0 Å². The molecule has 0 unspecified atom stereocenters. The van der Waals surface area contributed by atoms with Crippen molar-refractivity contribution in [3.63, 3.8) is 0 Å². The summed E-state index contributed by atoms with van der Waals surface area (Å²) in [7, 11) is 0. The Morgan fingerprint density at radius 1 is 0.875 bits per heavy atom. The van der Waals surface area contributed by atoms with Gasteiger partial charge < -0.3 is 19.3 Å². The third-order valence-corrected chi connectivity index (χ3v) is 9.38. The van der Waals surface area contributed by atoms with Crippen LogP contribution in [0.4, 0.5) is 5.69 Å². The maximum atomic E-state index is 13.4. The number of nitrogens with zero attached hydrogens (tertiary/aromatic N) is 3. The summed E-state index contributed by atoms with van der Waals surface area (Å²) in [6.07, 6.45) is 4.26. The van der Waals surface area contributed by atoms with E-state index in [0.717, 1.165) is 86.6 Å². The first-order valence-electron chi connectivity index (χ1n) is 14.7. The highest BCUT2D eigenvalue weighted by Crippen LogP contribution is 2.39. The fourth-order valence-corrected chi connectivity index (χ4v) is 6.81. The summed E-state index contributed by atoms with van der Waals surface area (Å²) in [6.45, 7) is 11.4. The fourth-order valence-electron chi connectivity index (χ4n) is 6.81. The normalized spacial score (nSPS) is 19.0. The summed E-state index contributed by atoms with van der Waals surface area (Å²) in [6, 6.07) is 23.7. The molecule has 2 saturated heterocycles. The van der Waals surface area contributed by atoms with Gasteiger partial charge in [0.1, 0.15) is 0 Å². The second-order valence-corrected chi connectivity index (χ2v) is 11.9. The highest BCUT2D eigenvalue weighted by Gasteiger charge is 2.39. The van der Waals surface area contributed by atoms with Crippen molar-refractivity contribution in [1.82, 2.24) is 9.80 Å². The van der Waals surface area contributed by atoms with Crippen LogP contribution in [0.15, 0.2) is 66.7 Å². The number of amides is 1. The van der Waals surface area contributed by atoms with Crippen molar-refractivity contribution < 1.29 is 14.3 Å². The Kier molecular flexibility index (Phi) is 7.45. The fraction of sp³-hybridized carbons (Fsp3) is 0.441. The molecular weight excluding hydrogens is 498 g/mol. The van der Waals surface area contributed by atoms with Gasteiger partial charge in [0.15, 0.2) is 11.5 Å². The molecule has 3 aromatic carbocycles. The van der Waals surface area contributed by atoms with Gasteiger partial charge in [-0.05, 0) is 75.3 Å². The first-order valence-corrected chi connectivity index (χ1v) is 14.7. The molecule has 0 radical (unpaired) electrons. The molecule has 0 aromatic heterocycles. The van der Waals surface area contributed by atoms with Crippen LogP contribution in [0.3, 0.4) is 0 Å². The minimum Gasteiger partial charge on any atom is -0.454 e. The van der Waals surface area contributed by atoms with Crippen LogP contribution in [-0.4, -0.2) is 60.3 Å². The Hall–Kier alpha value is -3.51. The van der Waals surface area contributed by atoms with E-state index in [1.54, 1.807) is 0 Å². The number of piperidine rings is 2. The largest absolute Gasteiger partial charge is 0.454 e. The monoisotopic (exact) mass is 539 g/mol. The van der Waals surface area contributed by atoms with Gasteiger partial charge in [0.2, 0.25) is 6.79 Å². The Labute approximate surface area is 238 Å². The number of ether oxygens (including phenoxy) is 2. The molecule has 0 N–H and O–H groups in total. The topological polar surface area (TPSA) is 45.3 Å². The van der Waals surface area contributed by atoms with Crippen molar-refractivity contribution in [3.05, 3.63) is 89.0 Å². The zero-order chi connectivity index (χ0) is 27.7. The second-order valence-electron chi connectivity index (χ2n) is 11.9. The van der Waals surface area contributed by atoms with E-state index < -0.39 is 0 Å². The quantitative estimate of drug-likeness (QED) is 0.373. The number of hydrogen-bond acceptors (Lipinski definition) is 5. The Morgan fingerprint density at radius 3 is 2.25 bits per heavy atom. The summed E-state index contributed by atoms with van der Waals surface area (Å²) < 4.78 is 11.3. The van der Waals surface area contributed by atoms with E-state index in [1.807, 2.05) is 38.1 Å². The van der Waals surface area contributed by atoms with Gasteiger partial charge in [-0.3, -0.25) is 9.69 Å². The molecule has 3 aliphatic rings. The molecule has 6 nitrogen and oxygen atoms in total. The van der Waals surface area contributed by atoms with E-state index in [0.29, 0.717) is 12.8 Å². The third-order valence-electron chi connectivity index (χ3n) is 9.38. The van der Waals surface area contributed by atoms with Crippen LogP contribution in [0, 0.1) is 13.8 Å². The minimum absolute atomic E-state index is 0.130. The summed E-state index contributed by atoms with van der Waals surface area (Å²) in [5.41, 5.74) is 5.66. The van der Waals surface area contributed by atoms with Crippen LogP contribution in [0.1, 0.15) is 59.7 Å². The molecule has 0 bridgehead atoms. The van der Waals surface area contributed by atoms with Crippen molar-refractivity contribution in [3.8, 4) is 11.5 Å². The average molecular weight is 540 g/mol. The lowest BCUT2D eigenvalue weighted by Gasteiger charge is -2.50. The molecule has 6 rings (SSSR count). The number of carbonyl (C=O) groups is 1. The molecule has 1 amide bonds. The zero-order valence-corrected chi connectivity index (χ0v) is 24.1. The predicted molar refractivity (Wildman–Crippen MR) is 159 cm³/mol. The average Bonchev–Trinajstić information content (AvgIpc) is 3.45. The van der Waals surface area contributed by atoms with Crippen LogP contribution in [0.2, 0.25) is 0 Å². The van der Waals surface area contributed by atoms with Crippen LogP contribution in [0.5, 0.6) is 11.5 Å². The summed E-state index contributed by atoms with van der Waals surface area (Å²) >= 11 is 0. The van der Waals surface area contributed by atoms with Gasteiger partial charge in [-0.2, -0.15) is 0 Å². The highest BCUT2D eigenvalue weighted by atomic mass is 16.7. The minimum atomic E-state index is 0.130. The number of anilines is 1. The summed E-state index contributed by atoms with van der Waals surface area (Å²) in [5.74, 6) is 1.85. The Morgan fingerprint density at radius 2 is 1.55 bits per heavy atom. The van der Waals surface area contributed by atoms with Gasteiger partial charge in [0.25, 0.3) is 5.91 Å². The number of hydrogen-bond donors (Lipinski definition) is 0. The van der Waals surface area contributed by atoms with Crippen LogP contribution in [0.25, 0.3) is 0 Å². The van der Waals surface area contributed by atoms with E-state index in [4.69, 9.17) is 9.47 Å². The maximum absolute atomic E-state index is 13.4. The Balaban J connectivity index is 1.12. The van der Waals surface area contributed by atoms with Crippen LogP contribution in [-0.2, 0) is 6.54 Å². The lowest BCUT2D eigenvalue weighted by atomic mass is 9.85. The van der Waals surface area contributed by atoms with E-state index in [9.17, 15) is 4.79 Å². The van der Waals surface area contributed by atoms with Gasteiger partial charge in [-0.25, -0.2) is 0 Å². The van der Waals surface area contributed by atoms with Crippen molar-refractivity contribution in [1.29, 1.82) is 0 Å². The van der Waals surface area contributed by atoms with Crippen molar-refractivity contribution in [2.45, 2.75) is 64.6 Å². The molecule has 3 aliphatic heterocycles. The Bertz CT molecular complexity index is 1320. The number of fused-ring (bicyclic) bond motifs is 1.